The third-order valence-electron chi connectivity index (χ3n) is 6.41. The summed E-state index contributed by atoms with van der Waals surface area (Å²) < 4.78 is 53.7. The Bertz CT molecular complexity index is 998. The minimum atomic E-state index is -5.00. The average Bonchev–Trinajstić information content (AvgIpc) is 2.92. The van der Waals surface area contributed by atoms with Crippen LogP contribution in [0.25, 0.3) is 6.08 Å². The molecule has 0 unspecified atom stereocenters. The van der Waals surface area contributed by atoms with Crippen LogP contribution in [-0.2, 0) is 17.6 Å². The molecule has 4 rings (SSSR count). The Hall–Kier alpha value is -2.67. The molecule has 32 heavy (non-hydrogen) atoms. The molecular weight excluding hydrogens is 420 g/mol. The van der Waals surface area contributed by atoms with Crippen molar-refractivity contribution in [3.63, 3.8) is 0 Å². The van der Waals surface area contributed by atoms with E-state index < -0.39 is 17.9 Å². The Kier molecular flexibility index (Phi) is 6.65. The van der Waals surface area contributed by atoms with Crippen molar-refractivity contribution in [2.45, 2.75) is 44.3 Å². The number of benzene rings is 2. The first-order valence-corrected chi connectivity index (χ1v) is 11.0. The van der Waals surface area contributed by atoms with E-state index in [9.17, 15) is 22.4 Å². The SMILES string of the molecule is O=C(N(C/C=C/c1ccccc1F)c1ccc2c(c1)CCN(C1CCC1)CC2)C(F)(F)F. The van der Waals surface area contributed by atoms with Crippen LogP contribution in [0.5, 0.6) is 0 Å². The molecular formula is C25H26F4N2O. The number of carbonyl (C=O) groups excluding carboxylic acids is 1. The average molecular weight is 446 g/mol. The van der Waals surface area contributed by atoms with Crippen molar-refractivity contribution in [1.29, 1.82) is 0 Å². The highest BCUT2D eigenvalue weighted by molar-refractivity contribution is 5.97. The zero-order chi connectivity index (χ0) is 22.7. The fourth-order valence-corrected chi connectivity index (χ4v) is 4.37. The van der Waals surface area contributed by atoms with Crippen LogP contribution in [0.2, 0.25) is 0 Å². The van der Waals surface area contributed by atoms with E-state index in [2.05, 4.69) is 4.90 Å². The van der Waals surface area contributed by atoms with Crippen LogP contribution in [0.1, 0.15) is 36.0 Å². The summed E-state index contributed by atoms with van der Waals surface area (Å²) in [6.45, 7) is 1.52. The fourth-order valence-electron chi connectivity index (χ4n) is 4.37. The number of rotatable bonds is 5. The largest absolute Gasteiger partial charge is 0.471 e. The molecule has 1 amide bonds. The van der Waals surface area contributed by atoms with Crippen molar-refractivity contribution in [2.24, 2.45) is 0 Å². The zero-order valence-electron chi connectivity index (χ0n) is 17.7. The summed E-state index contributed by atoms with van der Waals surface area (Å²) in [5.41, 5.74) is 2.57. The van der Waals surface area contributed by atoms with Crippen molar-refractivity contribution < 1.29 is 22.4 Å². The summed E-state index contributed by atoms with van der Waals surface area (Å²) in [5.74, 6) is -2.40. The fraction of sp³-hybridized carbons (Fsp3) is 0.400. The normalized spacial score (nSPS) is 17.6. The predicted octanol–water partition coefficient (Wildman–Crippen LogP) is 5.39. The van der Waals surface area contributed by atoms with Crippen molar-refractivity contribution in [2.75, 3.05) is 24.5 Å². The highest BCUT2D eigenvalue weighted by Crippen LogP contribution is 2.30. The van der Waals surface area contributed by atoms with E-state index >= 15 is 0 Å². The molecule has 0 N–H and O–H groups in total. The lowest BCUT2D eigenvalue weighted by atomic mass is 9.91. The van der Waals surface area contributed by atoms with E-state index in [1.54, 1.807) is 18.2 Å². The standard InChI is InChI=1S/C25H26F4N2O/c26-23-9-2-1-5-19(23)6-4-14-31(24(32)25(27,28)29)22-11-10-18-12-15-30(21-7-3-8-21)16-13-20(18)17-22/h1-2,4-6,9-11,17,21H,3,7-8,12-16H2/b6-4+. The maximum absolute atomic E-state index is 13.8. The van der Waals surface area contributed by atoms with Gasteiger partial charge in [-0.3, -0.25) is 9.69 Å². The second-order valence-electron chi connectivity index (χ2n) is 8.41. The van der Waals surface area contributed by atoms with E-state index in [1.807, 2.05) is 6.07 Å². The number of hydrogen-bond donors (Lipinski definition) is 0. The van der Waals surface area contributed by atoms with E-state index in [0.29, 0.717) is 10.9 Å². The number of carbonyl (C=O) groups is 1. The molecule has 1 heterocycles. The lowest BCUT2D eigenvalue weighted by Crippen LogP contribution is -2.41. The van der Waals surface area contributed by atoms with Gasteiger partial charge in [-0.1, -0.05) is 42.8 Å². The van der Waals surface area contributed by atoms with Gasteiger partial charge in [-0.05, 0) is 55.0 Å². The van der Waals surface area contributed by atoms with Gasteiger partial charge in [0.15, 0.2) is 0 Å². The molecule has 1 fully saturated rings. The Labute approximate surface area is 185 Å². The highest BCUT2D eigenvalue weighted by Gasteiger charge is 2.43. The zero-order valence-corrected chi connectivity index (χ0v) is 17.7. The summed E-state index contributed by atoms with van der Waals surface area (Å²) >= 11 is 0. The second-order valence-corrected chi connectivity index (χ2v) is 8.41. The third-order valence-corrected chi connectivity index (χ3v) is 6.41. The molecule has 0 saturated heterocycles. The van der Waals surface area contributed by atoms with Crippen molar-refractivity contribution >= 4 is 17.7 Å². The van der Waals surface area contributed by atoms with Crippen molar-refractivity contribution in [3.05, 3.63) is 71.0 Å². The first-order valence-electron chi connectivity index (χ1n) is 11.0. The van der Waals surface area contributed by atoms with Gasteiger partial charge in [0.1, 0.15) is 5.82 Å². The maximum atomic E-state index is 13.8. The quantitative estimate of drug-likeness (QED) is 0.575. The number of alkyl halides is 3. The molecule has 1 aliphatic heterocycles. The highest BCUT2D eigenvalue weighted by atomic mass is 19.4. The molecule has 0 atom stereocenters. The minimum Gasteiger partial charge on any atom is -0.301 e. The topological polar surface area (TPSA) is 23.6 Å². The number of amides is 1. The smallest absolute Gasteiger partial charge is 0.301 e. The molecule has 2 aromatic rings. The second kappa shape index (κ2) is 9.45. The molecule has 0 aromatic heterocycles. The van der Waals surface area contributed by atoms with Crippen molar-refractivity contribution in [1.82, 2.24) is 4.90 Å². The molecule has 2 aliphatic rings. The van der Waals surface area contributed by atoms with Crippen LogP contribution in [-0.4, -0.2) is 42.7 Å². The van der Waals surface area contributed by atoms with Gasteiger partial charge in [-0.15, -0.1) is 0 Å². The molecule has 2 aromatic carbocycles. The van der Waals surface area contributed by atoms with Gasteiger partial charge < -0.3 is 4.90 Å². The monoisotopic (exact) mass is 446 g/mol. The molecule has 0 bridgehead atoms. The Morgan fingerprint density at radius 3 is 2.44 bits per heavy atom. The van der Waals surface area contributed by atoms with Crippen molar-refractivity contribution in [3.8, 4) is 0 Å². The minimum absolute atomic E-state index is 0.210. The molecule has 1 saturated carbocycles. The Morgan fingerprint density at radius 2 is 1.78 bits per heavy atom. The Balaban J connectivity index is 1.55. The summed E-state index contributed by atoms with van der Waals surface area (Å²) in [6, 6.07) is 11.7. The van der Waals surface area contributed by atoms with Crippen LogP contribution in [0.15, 0.2) is 48.5 Å². The number of fused-ring (bicyclic) bond motifs is 1. The van der Waals surface area contributed by atoms with Crippen LogP contribution in [0.4, 0.5) is 23.2 Å². The number of anilines is 1. The Morgan fingerprint density at radius 1 is 1.06 bits per heavy atom. The molecule has 1 aliphatic carbocycles. The number of nitrogens with zero attached hydrogens (tertiary/aromatic N) is 2. The van der Waals surface area contributed by atoms with Gasteiger partial charge in [0.2, 0.25) is 0 Å². The van der Waals surface area contributed by atoms with Gasteiger partial charge in [-0.2, -0.15) is 13.2 Å². The van der Waals surface area contributed by atoms with Gasteiger partial charge >= 0.3 is 12.1 Å². The summed E-state index contributed by atoms with van der Waals surface area (Å²) in [5, 5.41) is 0. The number of halogens is 4. The van der Waals surface area contributed by atoms with Gasteiger partial charge in [0.05, 0.1) is 0 Å². The first kappa shape index (κ1) is 22.5. The molecule has 3 nitrogen and oxygen atoms in total. The molecule has 7 heteroatoms. The summed E-state index contributed by atoms with van der Waals surface area (Å²) in [6.07, 6.45) is 3.06. The molecule has 170 valence electrons. The molecule has 0 radical (unpaired) electrons. The van der Waals surface area contributed by atoms with Gasteiger partial charge in [-0.25, -0.2) is 4.39 Å². The lowest BCUT2D eigenvalue weighted by molar-refractivity contribution is -0.170. The first-order chi connectivity index (χ1) is 15.3. The molecule has 0 spiro atoms. The van der Waals surface area contributed by atoms with Crippen LogP contribution in [0, 0.1) is 5.82 Å². The van der Waals surface area contributed by atoms with E-state index in [4.69, 9.17) is 0 Å². The van der Waals surface area contributed by atoms with E-state index in [0.717, 1.165) is 37.1 Å². The van der Waals surface area contributed by atoms with Crippen LogP contribution in [0.3, 0.4) is 0 Å². The summed E-state index contributed by atoms with van der Waals surface area (Å²) in [4.78, 5) is 15.4. The maximum Gasteiger partial charge on any atom is 0.471 e. The lowest BCUT2D eigenvalue weighted by Gasteiger charge is -2.36. The van der Waals surface area contributed by atoms with Crippen LogP contribution >= 0.6 is 0 Å². The number of hydrogen-bond acceptors (Lipinski definition) is 2. The van der Waals surface area contributed by atoms with Gasteiger partial charge in [0.25, 0.3) is 0 Å². The van der Waals surface area contributed by atoms with E-state index in [-0.39, 0.29) is 17.8 Å². The predicted molar refractivity (Wildman–Crippen MR) is 117 cm³/mol. The summed E-state index contributed by atoms with van der Waals surface area (Å²) in [7, 11) is 0. The van der Waals surface area contributed by atoms with E-state index in [1.165, 1.54) is 49.6 Å². The van der Waals surface area contributed by atoms with Gasteiger partial charge in [0, 0.05) is 36.9 Å². The van der Waals surface area contributed by atoms with Crippen LogP contribution < -0.4 is 4.90 Å². The third kappa shape index (κ3) is 5.04.